The number of carbonyl (C=O) groups excluding carboxylic acids is 2. The van der Waals surface area contributed by atoms with E-state index >= 15 is 0 Å². The van der Waals surface area contributed by atoms with Crippen molar-refractivity contribution in [3.05, 3.63) is 82.7 Å². The molecule has 3 N–H and O–H groups in total. The topological polar surface area (TPSA) is 99.2 Å². The largest absolute Gasteiger partial charge is 0.483 e. The summed E-state index contributed by atoms with van der Waals surface area (Å²) >= 11 is 0. The summed E-state index contributed by atoms with van der Waals surface area (Å²) in [7, 11) is 0. The van der Waals surface area contributed by atoms with Gasteiger partial charge in [0.2, 0.25) is 0 Å². The second kappa shape index (κ2) is 9.05. The van der Waals surface area contributed by atoms with E-state index in [0.717, 1.165) is 22.5 Å². The van der Waals surface area contributed by atoms with Crippen LogP contribution in [-0.4, -0.2) is 28.2 Å². The second-order valence-corrected chi connectivity index (χ2v) is 6.73. The van der Waals surface area contributed by atoms with Crippen LogP contribution in [0, 0.1) is 13.8 Å². The molecule has 2 amide bonds. The van der Waals surface area contributed by atoms with Crippen LogP contribution in [0.25, 0.3) is 0 Å². The van der Waals surface area contributed by atoms with Crippen LogP contribution in [0.4, 0.5) is 0 Å². The minimum absolute atomic E-state index is 0.283. The minimum Gasteiger partial charge on any atom is -0.483 e. The summed E-state index contributed by atoms with van der Waals surface area (Å²) in [4.78, 5) is 23.6. The maximum absolute atomic E-state index is 12.7. The fourth-order valence-electron chi connectivity index (χ4n) is 3.09. The Morgan fingerprint density at radius 1 is 1.07 bits per heavy atom. The molecule has 0 unspecified atom stereocenters. The number of nitrogens with two attached hydrogens (primary N) is 1. The van der Waals surface area contributed by atoms with Crippen LogP contribution in [0.2, 0.25) is 0 Å². The van der Waals surface area contributed by atoms with Crippen molar-refractivity contribution < 1.29 is 14.3 Å². The summed E-state index contributed by atoms with van der Waals surface area (Å²) in [5, 5.41) is 7.53. The van der Waals surface area contributed by atoms with Gasteiger partial charge in [-0.3, -0.25) is 14.3 Å². The molecule has 0 fully saturated rings. The summed E-state index contributed by atoms with van der Waals surface area (Å²) in [5.41, 5.74) is 9.48. The van der Waals surface area contributed by atoms with Gasteiger partial charge in [-0.2, -0.15) is 5.10 Å². The summed E-state index contributed by atoms with van der Waals surface area (Å²) in [6.45, 7) is 4.66. The van der Waals surface area contributed by atoms with Gasteiger partial charge >= 0.3 is 0 Å². The van der Waals surface area contributed by atoms with E-state index in [1.54, 1.807) is 24.3 Å². The Kier molecular flexibility index (Phi) is 6.29. The number of hydrogen-bond acceptors (Lipinski definition) is 4. The lowest BCUT2D eigenvalue weighted by molar-refractivity contribution is -0.119. The fourth-order valence-corrected chi connectivity index (χ4v) is 3.09. The molecule has 3 rings (SSSR count). The normalized spacial score (nSPS) is 10.6. The van der Waals surface area contributed by atoms with Crippen molar-refractivity contribution >= 4 is 11.8 Å². The Bertz CT molecular complexity index is 1010. The lowest BCUT2D eigenvalue weighted by Gasteiger charge is -2.11. The van der Waals surface area contributed by atoms with Gasteiger partial charge in [0.05, 0.1) is 17.8 Å². The average Bonchev–Trinajstić information content (AvgIpc) is 2.98. The van der Waals surface area contributed by atoms with Crippen molar-refractivity contribution in [2.75, 3.05) is 6.61 Å². The number of rotatable bonds is 8. The van der Waals surface area contributed by atoms with E-state index in [4.69, 9.17) is 10.5 Å². The van der Waals surface area contributed by atoms with Crippen molar-refractivity contribution in [3.8, 4) is 5.75 Å². The highest BCUT2D eigenvalue weighted by molar-refractivity contribution is 5.97. The molecular formula is C22H24N4O3. The van der Waals surface area contributed by atoms with Crippen LogP contribution in [0.15, 0.2) is 54.6 Å². The maximum Gasteiger partial charge on any atom is 0.255 e. The third-order valence-electron chi connectivity index (χ3n) is 4.63. The van der Waals surface area contributed by atoms with E-state index in [9.17, 15) is 9.59 Å². The van der Waals surface area contributed by atoms with Gasteiger partial charge in [-0.1, -0.05) is 42.5 Å². The van der Waals surface area contributed by atoms with Crippen molar-refractivity contribution in [3.63, 3.8) is 0 Å². The molecule has 150 valence electrons. The first-order chi connectivity index (χ1) is 14.0. The van der Waals surface area contributed by atoms with E-state index < -0.39 is 5.91 Å². The number of nitrogens with one attached hydrogen (secondary N) is 1. The second-order valence-electron chi connectivity index (χ2n) is 6.73. The minimum atomic E-state index is -0.600. The number of ether oxygens (including phenoxy) is 1. The van der Waals surface area contributed by atoms with Crippen LogP contribution in [0.5, 0.6) is 5.75 Å². The van der Waals surface area contributed by atoms with Crippen LogP contribution in [0.1, 0.15) is 32.9 Å². The first-order valence-corrected chi connectivity index (χ1v) is 9.31. The molecule has 0 saturated heterocycles. The van der Waals surface area contributed by atoms with E-state index in [-0.39, 0.29) is 12.5 Å². The van der Waals surface area contributed by atoms with Crippen LogP contribution < -0.4 is 15.8 Å². The van der Waals surface area contributed by atoms with Crippen LogP contribution in [-0.2, 0) is 17.9 Å². The number of hydrogen-bond donors (Lipinski definition) is 2. The highest BCUT2D eigenvalue weighted by atomic mass is 16.5. The van der Waals surface area contributed by atoms with Gasteiger partial charge in [0.25, 0.3) is 11.8 Å². The molecule has 0 aliphatic carbocycles. The lowest BCUT2D eigenvalue weighted by atomic mass is 10.1. The SMILES string of the molecule is Cc1nn(Cc2ccccc2)c(C)c1CNC(=O)c1ccccc1OCC(N)=O. The van der Waals surface area contributed by atoms with Gasteiger partial charge in [0.15, 0.2) is 6.61 Å². The predicted molar refractivity (Wildman–Crippen MR) is 110 cm³/mol. The Morgan fingerprint density at radius 2 is 1.76 bits per heavy atom. The summed E-state index contributed by atoms with van der Waals surface area (Å²) in [5.74, 6) is -0.575. The first kappa shape index (κ1) is 20.1. The van der Waals surface area contributed by atoms with E-state index in [1.165, 1.54) is 0 Å². The van der Waals surface area contributed by atoms with Crippen molar-refractivity contribution in [2.45, 2.75) is 26.9 Å². The summed E-state index contributed by atoms with van der Waals surface area (Å²) in [6.07, 6.45) is 0. The van der Waals surface area contributed by atoms with E-state index in [0.29, 0.717) is 24.4 Å². The zero-order valence-corrected chi connectivity index (χ0v) is 16.5. The maximum atomic E-state index is 12.7. The third-order valence-corrected chi connectivity index (χ3v) is 4.63. The zero-order valence-electron chi connectivity index (χ0n) is 16.5. The average molecular weight is 392 g/mol. The molecule has 0 aliphatic heterocycles. The molecule has 1 heterocycles. The smallest absolute Gasteiger partial charge is 0.255 e. The summed E-state index contributed by atoms with van der Waals surface area (Å²) < 4.78 is 7.28. The Hall–Kier alpha value is -3.61. The number of carbonyl (C=O) groups is 2. The number of amides is 2. The number of aromatic nitrogens is 2. The number of benzene rings is 2. The molecule has 0 atom stereocenters. The monoisotopic (exact) mass is 392 g/mol. The quantitative estimate of drug-likeness (QED) is 0.615. The van der Waals surface area contributed by atoms with Crippen molar-refractivity contribution in [1.82, 2.24) is 15.1 Å². The Labute approximate surface area is 169 Å². The molecular weight excluding hydrogens is 368 g/mol. The molecule has 2 aromatic carbocycles. The Balaban J connectivity index is 1.70. The standard InChI is InChI=1S/C22H24N4O3/c1-15-19(16(2)26(25-15)13-17-8-4-3-5-9-17)12-24-22(28)18-10-6-7-11-20(18)29-14-21(23)27/h3-11H,12-14H2,1-2H3,(H2,23,27)(H,24,28). The predicted octanol–water partition coefficient (Wildman–Crippen LogP) is 2.34. The van der Waals surface area contributed by atoms with Crippen LogP contribution >= 0.6 is 0 Å². The van der Waals surface area contributed by atoms with Gasteiger partial charge in [0, 0.05) is 17.8 Å². The summed E-state index contributed by atoms with van der Waals surface area (Å²) in [6, 6.07) is 16.8. The van der Waals surface area contributed by atoms with Gasteiger partial charge < -0.3 is 15.8 Å². The van der Waals surface area contributed by atoms with Gasteiger partial charge in [-0.25, -0.2) is 0 Å². The number of nitrogens with zero attached hydrogens (tertiary/aromatic N) is 2. The highest BCUT2D eigenvalue weighted by Gasteiger charge is 2.16. The molecule has 0 radical (unpaired) electrons. The van der Waals surface area contributed by atoms with E-state index in [1.807, 2.05) is 36.7 Å². The highest BCUT2D eigenvalue weighted by Crippen LogP contribution is 2.19. The first-order valence-electron chi connectivity index (χ1n) is 9.31. The van der Waals surface area contributed by atoms with Gasteiger partial charge in [0.1, 0.15) is 5.75 Å². The molecule has 7 heteroatoms. The molecule has 0 spiro atoms. The zero-order chi connectivity index (χ0) is 20.8. The van der Waals surface area contributed by atoms with Crippen molar-refractivity contribution in [2.24, 2.45) is 5.73 Å². The van der Waals surface area contributed by atoms with Crippen LogP contribution in [0.3, 0.4) is 0 Å². The molecule has 1 aromatic heterocycles. The molecule has 0 bridgehead atoms. The molecule has 0 saturated carbocycles. The molecule has 7 nitrogen and oxygen atoms in total. The van der Waals surface area contributed by atoms with Crippen molar-refractivity contribution in [1.29, 1.82) is 0 Å². The van der Waals surface area contributed by atoms with Gasteiger partial charge in [-0.05, 0) is 31.5 Å². The van der Waals surface area contributed by atoms with Gasteiger partial charge in [-0.15, -0.1) is 0 Å². The fraction of sp³-hybridized carbons (Fsp3) is 0.227. The third kappa shape index (κ3) is 5.01. The molecule has 3 aromatic rings. The Morgan fingerprint density at radius 3 is 2.48 bits per heavy atom. The number of primary amides is 1. The lowest BCUT2D eigenvalue weighted by Crippen LogP contribution is -2.25. The molecule has 29 heavy (non-hydrogen) atoms. The van der Waals surface area contributed by atoms with E-state index in [2.05, 4.69) is 22.5 Å². The number of para-hydroxylation sites is 1. The number of aryl methyl sites for hydroxylation is 1. The molecule has 0 aliphatic rings.